The first-order valence-corrected chi connectivity index (χ1v) is 8.17. The SMILES string of the molecule is N#Cc1nccnc1N1CC[C@@]2(c3ccccc3)NC(=O)CO[C@@H]2C1. The number of anilines is 1. The number of carbonyl (C=O) groups excluding carboxylic acids is 1. The predicted octanol–water partition coefficient (Wildman–Crippen LogP) is 0.969. The third-order valence-corrected chi connectivity index (χ3v) is 4.86. The highest BCUT2D eigenvalue weighted by atomic mass is 16.5. The van der Waals surface area contributed by atoms with Crippen LogP contribution in [-0.4, -0.2) is 41.7 Å². The number of nitriles is 1. The van der Waals surface area contributed by atoms with E-state index in [0.29, 0.717) is 31.0 Å². The van der Waals surface area contributed by atoms with Gasteiger partial charge in [0.15, 0.2) is 11.5 Å². The lowest BCUT2D eigenvalue weighted by Gasteiger charge is -2.50. The van der Waals surface area contributed by atoms with Gasteiger partial charge in [0.05, 0.1) is 5.54 Å². The fraction of sp³-hybridized carbons (Fsp3) is 0.333. The molecule has 2 aliphatic rings. The summed E-state index contributed by atoms with van der Waals surface area (Å²) in [6, 6.07) is 12.0. The summed E-state index contributed by atoms with van der Waals surface area (Å²) in [7, 11) is 0. The predicted molar refractivity (Wildman–Crippen MR) is 89.6 cm³/mol. The molecule has 2 aromatic rings. The summed E-state index contributed by atoms with van der Waals surface area (Å²) in [5, 5.41) is 12.4. The van der Waals surface area contributed by atoms with E-state index in [9.17, 15) is 10.1 Å². The van der Waals surface area contributed by atoms with Crippen molar-refractivity contribution < 1.29 is 9.53 Å². The van der Waals surface area contributed by atoms with Crippen LogP contribution in [0.1, 0.15) is 17.7 Å². The van der Waals surface area contributed by atoms with Crippen LogP contribution in [0.3, 0.4) is 0 Å². The van der Waals surface area contributed by atoms with Gasteiger partial charge < -0.3 is 15.0 Å². The lowest BCUT2D eigenvalue weighted by Crippen LogP contribution is -2.66. The molecule has 2 atom stereocenters. The third-order valence-electron chi connectivity index (χ3n) is 4.86. The third kappa shape index (κ3) is 2.61. The molecule has 1 aromatic heterocycles. The van der Waals surface area contributed by atoms with Crippen molar-refractivity contribution in [1.82, 2.24) is 15.3 Å². The van der Waals surface area contributed by atoms with Crippen molar-refractivity contribution in [2.75, 3.05) is 24.6 Å². The van der Waals surface area contributed by atoms with Crippen molar-refractivity contribution in [3.63, 3.8) is 0 Å². The maximum absolute atomic E-state index is 12.0. The fourth-order valence-electron chi connectivity index (χ4n) is 3.69. The van der Waals surface area contributed by atoms with Gasteiger partial charge in [-0.05, 0) is 12.0 Å². The van der Waals surface area contributed by atoms with Gasteiger partial charge in [0.2, 0.25) is 5.91 Å². The molecule has 126 valence electrons. The maximum atomic E-state index is 12.0. The number of amides is 1. The summed E-state index contributed by atoms with van der Waals surface area (Å²) in [6.45, 7) is 1.21. The molecule has 1 aromatic carbocycles. The van der Waals surface area contributed by atoms with Crippen molar-refractivity contribution in [2.24, 2.45) is 0 Å². The highest BCUT2D eigenvalue weighted by molar-refractivity contribution is 5.79. The molecule has 0 unspecified atom stereocenters. The van der Waals surface area contributed by atoms with Crippen LogP contribution in [0.4, 0.5) is 5.82 Å². The number of aromatic nitrogens is 2. The molecular weight excluding hydrogens is 318 g/mol. The minimum absolute atomic E-state index is 0.0403. The van der Waals surface area contributed by atoms with Gasteiger partial charge in [-0.1, -0.05) is 30.3 Å². The summed E-state index contributed by atoms with van der Waals surface area (Å²) in [5.74, 6) is 0.456. The highest BCUT2D eigenvalue weighted by Crippen LogP contribution is 2.38. The maximum Gasteiger partial charge on any atom is 0.246 e. The number of rotatable bonds is 2. The molecule has 1 N–H and O–H groups in total. The fourth-order valence-corrected chi connectivity index (χ4v) is 3.69. The molecule has 2 fully saturated rings. The van der Waals surface area contributed by atoms with Crippen molar-refractivity contribution >= 4 is 11.7 Å². The number of hydrogen-bond donors (Lipinski definition) is 1. The molecule has 4 rings (SSSR count). The minimum Gasteiger partial charge on any atom is -0.364 e. The van der Waals surface area contributed by atoms with Gasteiger partial charge in [0.1, 0.15) is 18.8 Å². The van der Waals surface area contributed by atoms with Crippen LogP contribution in [0.15, 0.2) is 42.7 Å². The van der Waals surface area contributed by atoms with Gasteiger partial charge in [-0.25, -0.2) is 9.97 Å². The van der Waals surface area contributed by atoms with Crippen LogP contribution in [0, 0.1) is 11.3 Å². The Hall–Kier alpha value is -2.98. The molecule has 0 radical (unpaired) electrons. The van der Waals surface area contributed by atoms with E-state index in [-0.39, 0.29) is 18.6 Å². The topological polar surface area (TPSA) is 91.1 Å². The summed E-state index contributed by atoms with van der Waals surface area (Å²) in [6.07, 6.45) is 3.53. The molecule has 25 heavy (non-hydrogen) atoms. The van der Waals surface area contributed by atoms with Crippen LogP contribution in [0.5, 0.6) is 0 Å². The quantitative estimate of drug-likeness (QED) is 0.879. The van der Waals surface area contributed by atoms with Crippen LogP contribution in [0.2, 0.25) is 0 Å². The smallest absolute Gasteiger partial charge is 0.246 e. The second-order valence-electron chi connectivity index (χ2n) is 6.22. The molecule has 7 nitrogen and oxygen atoms in total. The van der Waals surface area contributed by atoms with E-state index in [1.165, 1.54) is 6.20 Å². The summed E-state index contributed by atoms with van der Waals surface area (Å²) in [5.41, 5.74) is 0.782. The first kappa shape index (κ1) is 15.5. The van der Waals surface area contributed by atoms with E-state index in [1.54, 1.807) is 6.20 Å². The van der Waals surface area contributed by atoms with Crippen LogP contribution in [-0.2, 0) is 15.1 Å². The number of benzene rings is 1. The summed E-state index contributed by atoms with van der Waals surface area (Å²) >= 11 is 0. The molecule has 2 aliphatic heterocycles. The molecule has 0 spiro atoms. The Bertz CT molecular complexity index is 835. The second-order valence-corrected chi connectivity index (χ2v) is 6.22. The molecular formula is C18H17N5O2. The van der Waals surface area contributed by atoms with E-state index in [1.807, 2.05) is 35.2 Å². The molecule has 3 heterocycles. The number of carbonyl (C=O) groups is 1. The molecule has 1 amide bonds. The average molecular weight is 335 g/mol. The van der Waals surface area contributed by atoms with Crippen molar-refractivity contribution in [3.05, 3.63) is 54.0 Å². The zero-order valence-corrected chi connectivity index (χ0v) is 13.6. The highest BCUT2D eigenvalue weighted by Gasteiger charge is 2.49. The summed E-state index contributed by atoms with van der Waals surface area (Å²) in [4.78, 5) is 22.4. The Balaban J connectivity index is 1.68. The van der Waals surface area contributed by atoms with Crippen molar-refractivity contribution in [1.29, 1.82) is 5.26 Å². The normalized spacial score (nSPS) is 25.6. The van der Waals surface area contributed by atoms with Gasteiger partial charge in [0.25, 0.3) is 0 Å². The Morgan fingerprint density at radius 3 is 2.88 bits per heavy atom. The molecule has 0 saturated carbocycles. The number of hydrogen-bond acceptors (Lipinski definition) is 6. The zero-order valence-electron chi connectivity index (χ0n) is 13.6. The molecule has 7 heteroatoms. The standard InChI is InChI=1S/C18H17N5O2/c19-10-14-17(21-8-7-20-14)23-9-6-18(13-4-2-1-3-5-13)15(11-23)25-12-16(24)22-18/h1-5,7-8,15H,6,9,11-12H2,(H,22,24)/t15-,18+/m1/s1. The monoisotopic (exact) mass is 335 g/mol. The molecule has 0 aliphatic carbocycles. The van der Waals surface area contributed by atoms with E-state index in [2.05, 4.69) is 21.4 Å². The van der Waals surface area contributed by atoms with E-state index in [0.717, 1.165) is 5.56 Å². The van der Waals surface area contributed by atoms with E-state index >= 15 is 0 Å². The lowest BCUT2D eigenvalue weighted by molar-refractivity contribution is -0.146. The van der Waals surface area contributed by atoms with E-state index in [4.69, 9.17) is 4.74 Å². The van der Waals surface area contributed by atoms with Gasteiger partial charge in [0, 0.05) is 25.5 Å². The minimum atomic E-state index is -0.553. The summed E-state index contributed by atoms with van der Waals surface area (Å²) < 4.78 is 5.89. The first-order valence-electron chi connectivity index (χ1n) is 8.17. The van der Waals surface area contributed by atoms with Crippen molar-refractivity contribution in [2.45, 2.75) is 18.1 Å². The number of ether oxygens (including phenoxy) is 1. The Morgan fingerprint density at radius 2 is 2.08 bits per heavy atom. The lowest BCUT2D eigenvalue weighted by atomic mass is 9.77. The Labute approximate surface area is 145 Å². The number of nitrogens with one attached hydrogen (secondary N) is 1. The number of piperidine rings is 1. The van der Waals surface area contributed by atoms with Gasteiger partial charge in [-0.2, -0.15) is 5.26 Å². The van der Waals surface area contributed by atoms with Crippen LogP contribution >= 0.6 is 0 Å². The largest absolute Gasteiger partial charge is 0.364 e. The first-order chi connectivity index (χ1) is 12.2. The molecule has 0 bridgehead atoms. The molecule has 2 saturated heterocycles. The van der Waals surface area contributed by atoms with Gasteiger partial charge >= 0.3 is 0 Å². The average Bonchev–Trinajstić information content (AvgIpc) is 2.68. The van der Waals surface area contributed by atoms with Gasteiger partial charge in [-0.15, -0.1) is 0 Å². The number of fused-ring (bicyclic) bond motifs is 1. The number of nitrogens with zero attached hydrogens (tertiary/aromatic N) is 4. The zero-order chi connectivity index (χ0) is 17.3. The van der Waals surface area contributed by atoms with E-state index < -0.39 is 5.54 Å². The van der Waals surface area contributed by atoms with Gasteiger partial charge in [-0.3, -0.25) is 4.79 Å². The van der Waals surface area contributed by atoms with Crippen LogP contribution < -0.4 is 10.2 Å². The number of morpholine rings is 1. The van der Waals surface area contributed by atoms with Crippen molar-refractivity contribution in [3.8, 4) is 6.07 Å². The second kappa shape index (κ2) is 6.15. The Morgan fingerprint density at radius 1 is 1.28 bits per heavy atom. The van der Waals surface area contributed by atoms with Crippen LogP contribution in [0.25, 0.3) is 0 Å². The Kier molecular flexibility index (Phi) is 3.82.